The summed E-state index contributed by atoms with van der Waals surface area (Å²) in [5, 5.41) is 0.0591. The van der Waals surface area contributed by atoms with Gasteiger partial charge in [0, 0.05) is 7.11 Å². The maximum atomic E-state index is 6.65. The van der Waals surface area contributed by atoms with Crippen molar-refractivity contribution < 1.29 is 13.9 Å². The van der Waals surface area contributed by atoms with E-state index in [-0.39, 0.29) is 23.4 Å². The first-order valence-corrected chi connectivity index (χ1v) is 12.4. The third-order valence-corrected chi connectivity index (χ3v) is 10.4. The number of anilines is 1. The molecule has 0 bridgehead atoms. The Morgan fingerprint density at radius 1 is 1.26 bits per heavy atom. The average Bonchev–Trinajstić information content (AvgIpc) is 3.15. The predicted octanol–water partition coefficient (Wildman–Crippen LogP) is 2.95. The van der Waals surface area contributed by atoms with Gasteiger partial charge in [-0.15, -0.1) is 11.6 Å². The van der Waals surface area contributed by atoms with Crippen LogP contribution in [-0.4, -0.2) is 59.1 Å². The number of hydrogen-bond donors (Lipinski definition) is 1. The van der Waals surface area contributed by atoms with E-state index in [1.165, 1.54) is 6.33 Å². The van der Waals surface area contributed by atoms with Gasteiger partial charge in [0.15, 0.2) is 26.0 Å². The van der Waals surface area contributed by atoms with Gasteiger partial charge < -0.3 is 19.6 Å². The van der Waals surface area contributed by atoms with Gasteiger partial charge in [-0.2, -0.15) is 0 Å². The van der Waals surface area contributed by atoms with Crippen LogP contribution >= 0.6 is 11.6 Å². The Morgan fingerprint density at radius 2 is 1.96 bits per heavy atom. The molecule has 0 radical (unpaired) electrons. The molecule has 150 valence electrons. The minimum absolute atomic E-state index is 0.0591. The second-order valence-electron chi connectivity index (χ2n) is 8.35. The maximum Gasteiger partial charge on any atom is 0.192 e. The molecule has 1 saturated heterocycles. The molecule has 0 aliphatic carbocycles. The molecule has 1 fully saturated rings. The molecule has 3 rings (SSSR count). The molecule has 0 unspecified atom stereocenters. The largest absolute Gasteiger partial charge is 0.408 e. The molecule has 1 aliphatic heterocycles. The average molecular weight is 414 g/mol. The van der Waals surface area contributed by atoms with E-state index in [0.29, 0.717) is 22.9 Å². The number of nitrogens with two attached hydrogens (primary N) is 1. The van der Waals surface area contributed by atoms with Crippen molar-refractivity contribution in [1.82, 2.24) is 19.5 Å². The van der Waals surface area contributed by atoms with Crippen molar-refractivity contribution in [2.75, 3.05) is 18.7 Å². The van der Waals surface area contributed by atoms with E-state index in [9.17, 15) is 0 Å². The van der Waals surface area contributed by atoms with Gasteiger partial charge in [0.05, 0.1) is 12.2 Å². The van der Waals surface area contributed by atoms with Crippen LogP contribution in [0.4, 0.5) is 5.82 Å². The van der Waals surface area contributed by atoms with E-state index in [0.717, 1.165) is 0 Å². The van der Waals surface area contributed by atoms with E-state index >= 15 is 0 Å². The van der Waals surface area contributed by atoms with Gasteiger partial charge in [-0.3, -0.25) is 4.57 Å². The summed E-state index contributed by atoms with van der Waals surface area (Å²) in [4.78, 5) is 12.6. The highest BCUT2D eigenvalue weighted by Gasteiger charge is 2.51. The topological polar surface area (TPSA) is 97.3 Å². The van der Waals surface area contributed by atoms with Crippen LogP contribution in [-0.2, 0) is 13.9 Å². The van der Waals surface area contributed by atoms with Crippen LogP contribution in [0.2, 0.25) is 18.1 Å². The molecular weight excluding hydrogens is 386 g/mol. The number of nitrogen functional groups attached to an aromatic ring is 1. The van der Waals surface area contributed by atoms with E-state index in [1.807, 2.05) is 4.57 Å². The highest BCUT2D eigenvalue weighted by Crippen LogP contribution is 2.42. The number of aromatic nitrogens is 4. The quantitative estimate of drug-likeness (QED) is 0.594. The van der Waals surface area contributed by atoms with E-state index in [2.05, 4.69) is 48.8 Å². The molecular formula is C17H28ClN5O3Si. The van der Waals surface area contributed by atoms with E-state index < -0.39 is 14.5 Å². The fourth-order valence-corrected chi connectivity index (χ4v) is 4.59. The number of nitrogens with zero attached hydrogens (tertiary/aromatic N) is 4. The second-order valence-corrected chi connectivity index (χ2v) is 13.4. The van der Waals surface area contributed by atoms with Crippen molar-refractivity contribution in [3.05, 3.63) is 12.7 Å². The number of ether oxygens (including phenoxy) is 2. The first kappa shape index (κ1) is 20.5. The van der Waals surface area contributed by atoms with Crippen molar-refractivity contribution in [1.29, 1.82) is 0 Å². The van der Waals surface area contributed by atoms with Crippen LogP contribution in [0.3, 0.4) is 0 Å². The van der Waals surface area contributed by atoms with Gasteiger partial charge in [-0.1, -0.05) is 20.8 Å². The number of halogens is 1. The summed E-state index contributed by atoms with van der Waals surface area (Å²) >= 11 is 6.22. The molecule has 0 aromatic carbocycles. The first-order chi connectivity index (χ1) is 12.6. The molecule has 27 heavy (non-hydrogen) atoms. The molecule has 2 aromatic rings. The Bertz CT molecular complexity index is 809. The lowest BCUT2D eigenvalue weighted by atomic mass is 10.1. The zero-order chi connectivity index (χ0) is 20.0. The number of rotatable bonds is 5. The predicted molar refractivity (Wildman–Crippen MR) is 107 cm³/mol. The molecule has 0 saturated carbocycles. The minimum Gasteiger partial charge on any atom is -0.408 e. The van der Waals surface area contributed by atoms with Crippen molar-refractivity contribution in [2.45, 2.75) is 63.4 Å². The zero-order valence-corrected chi connectivity index (χ0v) is 18.4. The zero-order valence-electron chi connectivity index (χ0n) is 16.6. The lowest BCUT2D eigenvalue weighted by Gasteiger charge is -2.40. The number of imidazole rings is 1. The Balaban J connectivity index is 1.97. The van der Waals surface area contributed by atoms with Gasteiger partial charge >= 0.3 is 0 Å². The van der Waals surface area contributed by atoms with Gasteiger partial charge in [0.1, 0.15) is 30.2 Å². The molecule has 1 aliphatic rings. The fraction of sp³-hybridized carbons (Fsp3) is 0.706. The monoisotopic (exact) mass is 413 g/mol. The normalized spacial score (nSPS) is 26.8. The highest BCUT2D eigenvalue weighted by atomic mass is 35.5. The van der Waals surface area contributed by atoms with Gasteiger partial charge in [0.25, 0.3) is 0 Å². The second kappa shape index (κ2) is 7.29. The fourth-order valence-electron chi connectivity index (χ4n) is 3.02. The van der Waals surface area contributed by atoms with Crippen LogP contribution in [0.1, 0.15) is 27.0 Å². The lowest BCUT2D eigenvalue weighted by Crippen LogP contribution is -2.49. The van der Waals surface area contributed by atoms with Gasteiger partial charge in [-0.25, -0.2) is 15.0 Å². The molecule has 3 heterocycles. The Hall–Kier alpha value is -1.26. The molecule has 2 aromatic heterocycles. The minimum atomic E-state index is -2.05. The van der Waals surface area contributed by atoms with E-state index in [1.54, 1.807) is 13.4 Å². The summed E-state index contributed by atoms with van der Waals surface area (Å²) in [5.41, 5.74) is 7.04. The number of alkyl halides is 1. The highest BCUT2D eigenvalue weighted by molar-refractivity contribution is 6.74. The standard InChI is InChI=1S/C17H28ClN5O3Si/c1-17(2,3)27(5,6)26-12-10(7-18)25-16(13(12)24-4)23-9-22-11-14(19)20-8-21-15(11)23/h8-10,12-13,16H,7H2,1-6H3,(H2,19,20,21)/t10-,12-,13-,16-/m1/s1. The number of hydrogen-bond acceptors (Lipinski definition) is 7. The Kier molecular flexibility index (Phi) is 5.52. The van der Waals surface area contributed by atoms with Crippen molar-refractivity contribution in [3.63, 3.8) is 0 Å². The smallest absolute Gasteiger partial charge is 0.192 e. The summed E-state index contributed by atoms with van der Waals surface area (Å²) < 4.78 is 20.5. The first-order valence-electron chi connectivity index (χ1n) is 8.95. The SMILES string of the molecule is CO[C@@H]1[C@H](O[Si](C)(C)C(C)(C)C)[C@@H](CCl)O[C@H]1n1cnc2c(N)ncnc21. The van der Waals surface area contributed by atoms with Crippen LogP contribution in [0.25, 0.3) is 11.2 Å². The van der Waals surface area contributed by atoms with Crippen LogP contribution in [0, 0.1) is 0 Å². The van der Waals surface area contributed by atoms with Crippen LogP contribution in [0.15, 0.2) is 12.7 Å². The summed E-state index contributed by atoms with van der Waals surface area (Å²) in [7, 11) is -0.397. The maximum absolute atomic E-state index is 6.65. The summed E-state index contributed by atoms with van der Waals surface area (Å²) in [6.45, 7) is 11.0. The molecule has 10 heteroatoms. The summed E-state index contributed by atoms with van der Waals surface area (Å²) in [6, 6.07) is 0. The van der Waals surface area contributed by atoms with Crippen LogP contribution in [0.5, 0.6) is 0 Å². The lowest BCUT2D eigenvalue weighted by molar-refractivity contribution is -0.0462. The molecule has 0 spiro atoms. The van der Waals surface area contributed by atoms with Gasteiger partial charge in [-0.05, 0) is 18.1 Å². The summed E-state index contributed by atoms with van der Waals surface area (Å²) in [6.07, 6.45) is 1.66. The van der Waals surface area contributed by atoms with E-state index in [4.69, 9.17) is 31.2 Å². The molecule has 8 nitrogen and oxygen atoms in total. The number of fused-ring (bicyclic) bond motifs is 1. The Morgan fingerprint density at radius 3 is 2.56 bits per heavy atom. The number of methoxy groups -OCH3 is 1. The molecule has 0 amide bonds. The van der Waals surface area contributed by atoms with Crippen molar-refractivity contribution >= 4 is 36.9 Å². The van der Waals surface area contributed by atoms with Crippen molar-refractivity contribution in [2.24, 2.45) is 0 Å². The summed E-state index contributed by atoms with van der Waals surface area (Å²) in [5.74, 6) is 0.632. The van der Waals surface area contributed by atoms with Crippen LogP contribution < -0.4 is 5.73 Å². The Labute approximate surface area is 165 Å². The molecule has 4 atom stereocenters. The van der Waals surface area contributed by atoms with Crippen molar-refractivity contribution in [3.8, 4) is 0 Å². The third-order valence-electron chi connectivity index (χ3n) is 5.61. The third kappa shape index (κ3) is 3.58. The molecule has 2 N–H and O–H groups in total. The van der Waals surface area contributed by atoms with Gasteiger partial charge in [0.2, 0.25) is 0 Å².